The summed E-state index contributed by atoms with van der Waals surface area (Å²) < 4.78 is 10.4. The molecule has 1 aliphatic heterocycles. The van der Waals surface area contributed by atoms with Crippen LogP contribution >= 0.6 is 23.8 Å². The molecule has 0 radical (unpaired) electrons. The van der Waals surface area contributed by atoms with Crippen molar-refractivity contribution in [1.29, 1.82) is 0 Å². The molecule has 0 aliphatic carbocycles. The van der Waals surface area contributed by atoms with Crippen molar-refractivity contribution in [3.05, 3.63) is 28.4 Å². The minimum absolute atomic E-state index is 0.173. The third kappa shape index (κ3) is 2.69. The largest absolute Gasteiger partial charge is 0.493 e. The van der Waals surface area contributed by atoms with Crippen molar-refractivity contribution in [2.75, 3.05) is 28.3 Å². The topological polar surface area (TPSA) is 42.0 Å². The maximum atomic E-state index is 12.1. The first-order valence-corrected chi connectivity index (χ1v) is 6.88. The number of methoxy groups -OCH3 is 2. The lowest BCUT2D eigenvalue weighted by Crippen LogP contribution is -2.26. The fourth-order valence-corrected chi connectivity index (χ4v) is 2.41. The summed E-state index contributed by atoms with van der Waals surface area (Å²) in [5.74, 6) is 0.898. The summed E-state index contributed by atoms with van der Waals surface area (Å²) in [6.45, 7) is 0. The minimum atomic E-state index is -0.173. The highest BCUT2D eigenvalue weighted by Crippen LogP contribution is 2.35. The molecule has 1 aliphatic rings. The molecular weight excluding hydrogens is 312 g/mol. The Balaban J connectivity index is 2.50. The Morgan fingerprint density at radius 1 is 1.14 bits per heavy atom. The van der Waals surface area contributed by atoms with Crippen molar-refractivity contribution < 1.29 is 14.3 Å². The lowest BCUT2D eigenvalue weighted by molar-refractivity contribution is -0.121. The van der Waals surface area contributed by atoms with Crippen molar-refractivity contribution in [2.45, 2.75) is 0 Å². The number of carbonyl (C=O) groups is 1. The zero-order valence-corrected chi connectivity index (χ0v) is 13.7. The van der Waals surface area contributed by atoms with Crippen LogP contribution in [0.1, 0.15) is 5.56 Å². The van der Waals surface area contributed by atoms with Crippen molar-refractivity contribution >= 4 is 40.9 Å². The first-order valence-electron chi connectivity index (χ1n) is 6.09. The summed E-state index contributed by atoms with van der Waals surface area (Å²) in [6, 6.07) is 3.37. The molecule has 1 saturated heterocycles. The zero-order chi connectivity index (χ0) is 15.7. The molecule has 0 aromatic heterocycles. The number of carbonyl (C=O) groups excluding carboxylic acids is 1. The Hall–Kier alpha value is -1.79. The molecule has 1 heterocycles. The monoisotopic (exact) mass is 326 g/mol. The molecule has 0 spiro atoms. The molecule has 0 N–H and O–H groups in total. The summed E-state index contributed by atoms with van der Waals surface area (Å²) in [6.07, 6.45) is 1.68. The molecule has 0 unspecified atom stereocenters. The third-order valence-corrected chi connectivity index (χ3v) is 4.13. The van der Waals surface area contributed by atoms with Gasteiger partial charge in [0.05, 0.1) is 19.2 Å². The summed E-state index contributed by atoms with van der Waals surface area (Å²) in [7, 11) is 6.45. The van der Waals surface area contributed by atoms with Crippen LogP contribution in [0.15, 0.2) is 17.8 Å². The third-order valence-electron chi connectivity index (χ3n) is 3.25. The summed E-state index contributed by atoms with van der Waals surface area (Å²) >= 11 is 11.4. The van der Waals surface area contributed by atoms with Crippen molar-refractivity contribution in [3.8, 4) is 11.5 Å². The van der Waals surface area contributed by atoms with E-state index in [0.717, 1.165) is 0 Å². The highest BCUT2D eigenvalue weighted by molar-refractivity contribution is 7.80. The van der Waals surface area contributed by atoms with E-state index >= 15 is 0 Å². The number of likely N-dealkylation sites (N-methyl/N-ethyl adjacent to an activating group) is 2. The number of rotatable bonds is 3. The van der Waals surface area contributed by atoms with Crippen LogP contribution in [0.4, 0.5) is 0 Å². The maximum Gasteiger partial charge on any atom is 0.276 e. The van der Waals surface area contributed by atoms with Gasteiger partial charge in [-0.25, -0.2) is 0 Å². The number of hydrogen-bond donors (Lipinski definition) is 0. The average Bonchev–Trinajstić information content (AvgIpc) is 2.66. The lowest BCUT2D eigenvalue weighted by Gasteiger charge is -2.12. The van der Waals surface area contributed by atoms with E-state index in [9.17, 15) is 4.79 Å². The number of nitrogens with zero attached hydrogens (tertiary/aromatic N) is 2. The van der Waals surface area contributed by atoms with Crippen LogP contribution in [0.2, 0.25) is 5.02 Å². The molecule has 2 rings (SSSR count). The van der Waals surface area contributed by atoms with Crippen LogP contribution in [-0.2, 0) is 4.79 Å². The van der Waals surface area contributed by atoms with E-state index in [1.807, 2.05) is 0 Å². The second kappa shape index (κ2) is 5.91. The number of thiocarbonyl (C=S) groups is 1. The molecule has 5 nitrogen and oxygen atoms in total. The summed E-state index contributed by atoms with van der Waals surface area (Å²) in [5.41, 5.74) is 1.11. The molecule has 112 valence electrons. The van der Waals surface area contributed by atoms with Gasteiger partial charge < -0.3 is 14.4 Å². The van der Waals surface area contributed by atoms with E-state index in [4.69, 9.17) is 33.3 Å². The molecule has 7 heteroatoms. The number of hydrogen-bond acceptors (Lipinski definition) is 4. The molecule has 1 fully saturated rings. The maximum absolute atomic E-state index is 12.1. The molecular formula is C14H15ClN2O3S. The Bertz CT molecular complexity index is 645. The van der Waals surface area contributed by atoms with Crippen molar-refractivity contribution in [1.82, 2.24) is 9.80 Å². The van der Waals surface area contributed by atoms with E-state index in [1.165, 1.54) is 12.0 Å². The Morgan fingerprint density at radius 3 is 2.19 bits per heavy atom. The predicted molar refractivity (Wildman–Crippen MR) is 85.7 cm³/mol. The van der Waals surface area contributed by atoms with Crippen LogP contribution in [-0.4, -0.2) is 49.1 Å². The standard InChI is InChI=1S/C14H15ClN2O3S/c1-16-10(13(18)17(2)14(16)21)5-8-6-11(19-3)12(20-4)7-9(8)15/h5-7H,1-4H3/b10-5+. The van der Waals surface area contributed by atoms with Gasteiger partial charge in [0.2, 0.25) is 0 Å². The second-order valence-corrected chi connectivity index (χ2v) is 5.24. The van der Waals surface area contributed by atoms with E-state index in [1.54, 1.807) is 44.3 Å². The van der Waals surface area contributed by atoms with Crippen molar-refractivity contribution in [2.24, 2.45) is 0 Å². The van der Waals surface area contributed by atoms with Gasteiger partial charge in [-0.05, 0) is 29.9 Å². The van der Waals surface area contributed by atoms with Gasteiger partial charge in [-0.1, -0.05) is 11.6 Å². The van der Waals surface area contributed by atoms with E-state index < -0.39 is 0 Å². The average molecular weight is 327 g/mol. The van der Waals surface area contributed by atoms with Crippen LogP contribution in [0.25, 0.3) is 6.08 Å². The smallest absolute Gasteiger partial charge is 0.276 e. The number of ether oxygens (including phenoxy) is 2. The Morgan fingerprint density at radius 2 is 1.71 bits per heavy atom. The van der Waals surface area contributed by atoms with Crippen molar-refractivity contribution in [3.63, 3.8) is 0 Å². The Labute approximate surface area is 133 Å². The number of amides is 1. The molecule has 1 amide bonds. The van der Waals surface area contributed by atoms with E-state index in [-0.39, 0.29) is 5.91 Å². The summed E-state index contributed by atoms with van der Waals surface area (Å²) in [4.78, 5) is 15.2. The molecule has 0 saturated carbocycles. The van der Waals surface area contributed by atoms with E-state index in [0.29, 0.717) is 32.9 Å². The molecule has 1 aromatic carbocycles. The van der Waals surface area contributed by atoms with Gasteiger partial charge in [-0.3, -0.25) is 9.69 Å². The van der Waals surface area contributed by atoms with Gasteiger partial charge in [0.1, 0.15) is 5.70 Å². The van der Waals surface area contributed by atoms with Crippen LogP contribution in [0.5, 0.6) is 11.5 Å². The highest BCUT2D eigenvalue weighted by atomic mass is 35.5. The molecule has 21 heavy (non-hydrogen) atoms. The van der Waals surface area contributed by atoms with Gasteiger partial charge in [0.15, 0.2) is 16.6 Å². The minimum Gasteiger partial charge on any atom is -0.493 e. The van der Waals surface area contributed by atoms with Crippen LogP contribution in [0.3, 0.4) is 0 Å². The fourth-order valence-electron chi connectivity index (χ4n) is 2.02. The summed E-state index contributed by atoms with van der Waals surface area (Å²) in [5, 5.41) is 0.907. The lowest BCUT2D eigenvalue weighted by atomic mass is 10.1. The first kappa shape index (κ1) is 15.6. The quantitative estimate of drug-likeness (QED) is 0.630. The van der Waals surface area contributed by atoms with E-state index in [2.05, 4.69) is 0 Å². The Kier molecular flexibility index (Phi) is 4.39. The van der Waals surface area contributed by atoms with Gasteiger partial charge in [-0.2, -0.15) is 0 Å². The highest BCUT2D eigenvalue weighted by Gasteiger charge is 2.32. The zero-order valence-electron chi connectivity index (χ0n) is 12.1. The molecule has 0 atom stereocenters. The van der Waals surface area contributed by atoms with Gasteiger partial charge in [0.25, 0.3) is 5.91 Å². The molecule has 0 bridgehead atoms. The van der Waals surface area contributed by atoms with Crippen LogP contribution < -0.4 is 9.47 Å². The predicted octanol–water partition coefficient (Wildman–Crippen LogP) is 2.39. The number of benzene rings is 1. The number of halogens is 1. The first-order chi connectivity index (χ1) is 9.90. The second-order valence-electron chi connectivity index (χ2n) is 4.46. The fraction of sp³-hybridized carbons (Fsp3) is 0.286. The van der Waals surface area contributed by atoms with Gasteiger partial charge in [0, 0.05) is 20.2 Å². The van der Waals surface area contributed by atoms with Gasteiger partial charge in [-0.15, -0.1) is 0 Å². The normalized spacial score (nSPS) is 16.9. The van der Waals surface area contributed by atoms with Gasteiger partial charge >= 0.3 is 0 Å². The molecule has 1 aromatic rings. The SMILES string of the molecule is COc1cc(Cl)c(/C=C2\C(=O)N(C)C(=S)N2C)cc1OC. The van der Waals surface area contributed by atoms with Crippen LogP contribution in [0, 0.1) is 0 Å².